The Kier molecular flexibility index (Phi) is 5.02. The molecule has 21 heavy (non-hydrogen) atoms. The molecular weight excluding hydrogens is 289 g/mol. The molecule has 1 rings (SSSR count). The summed E-state index contributed by atoms with van der Waals surface area (Å²) in [6.45, 7) is 3.02. The first kappa shape index (κ1) is 16.6. The molecule has 0 amide bonds. The summed E-state index contributed by atoms with van der Waals surface area (Å²) < 4.78 is 37.3. The molecule has 0 bridgehead atoms. The Morgan fingerprint density at radius 2 is 1.71 bits per heavy atom. The van der Waals surface area contributed by atoms with Crippen LogP contribution in [-0.2, 0) is 9.59 Å². The normalized spacial score (nSPS) is 12.5. The summed E-state index contributed by atoms with van der Waals surface area (Å²) in [5, 5.41) is 9.06. The lowest BCUT2D eigenvalue weighted by molar-refractivity contribution is -0.176. The van der Waals surface area contributed by atoms with Gasteiger partial charge in [0.1, 0.15) is 5.75 Å². The number of halogens is 3. The SMILES string of the molecule is C=CC(=O)C(CC(=O)c1ccc(O)cc1)C(=O)C(F)(F)F. The summed E-state index contributed by atoms with van der Waals surface area (Å²) >= 11 is 0. The third kappa shape index (κ3) is 4.27. The molecule has 4 nitrogen and oxygen atoms in total. The zero-order valence-electron chi connectivity index (χ0n) is 10.7. The summed E-state index contributed by atoms with van der Waals surface area (Å²) in [5.41, 5.74) is -0.00960. The quantitative estimate of drug-likeness (QED) is 0.497. The van der Waals surface area contributed by atoms with Crippen molar-refractivity contribution in [3.05, 3.63) is 42.5 Å². The van der Waals surface area contributed by atoms with Crippen LogP contribution in [0.2, 0.25) is 0 Å². The Labute approximate surface area is 117 Å². The maximum absolute atomic E-state index is 12.4. The average molecular weight is 300 g/mol. The number of ketones is 3. The van der Waals surface area contributed by atoms with E-state index in [1.165, 1.54) is 24.3 Å². The van der Waals surface area contributed by atoms with E-state index in [4.69, 9.17) is 5.11 Å². The van der Waals surface area contributed by atoms with E-state index in [1.807, 2.05) is 0 Å². The number of Topliss-reactive ketones (excluding diaryl/α,β-unsaturated/α-hetero) is 2. The minimum absolute atomic E-state index is 0.00960. The molecule has 1 N–H and O–H groups in total. The summed E-state index contributed by atoms with van der Waals surface area (Å²) in [6.07, 6.45) is -5.54. The van der Waals surface area contributed by atoms with E-state index in [0.29, 0.717) is 6.08 Å². The number of hydrogen-bond donors (Lipinski definition) is 1. The van der Waals surface area contributed by atoms with Crippen LogP contribution in [0.1, 0.15) is 16.8 Å². The third-order valence-corrected chi connectivity index (χ3v) is 2.72. The topological polar surface area (TPSA) is 71.4 Å². The fourth-order valence-corrected chi connectivity index (χ4v) is 1.61. The molecule has 112 valence electrons. The first-order valence-corrected chi connectivity index (χ1v) is 5.76. The number of rotatable bonds is 6. The van der Waals surface area contributed by atoms with Crippen LogP contribution in [0.4, 0.5) is 13.2 Å². The van der Waals surface area contributed by atoms with Gasteiger partial charge in [-0.1, -0.05) is 6.58 Å². The molecule has 0 aliphatic heterocycles. The van der Waals surface area contributed by atoms with Gasteiger partial charge in [0.25, 0.3) is 0 Å². The minimum atomic E-state index is -5.21. The molecule has 0 aliphatic carbocycles. The molecular formula is C14H11F3O4. The van der Waals surface area contributed by atoms with Crippen LogP contribution in [0.15, 0.2) is 36.9 Å². The van der Waals surface area contributed by atoms with Gasteiger partial charge in [-0.05, 0) is 30.3 Å². The number of phenols is 1. The van der Waals surface area contributed by atoms with Gasteiger partial charge in [0.15, 0.2) is 11.6 Å². The van der Waals surface area contributed by atoms with E-state index in [0.717, 1.165) is 0 Å². The van der Waals surface area contributed by atoms with Gasteiger partial charge in [-0.15, -0.1) is 0 Å². The van der Waals surface area contributed by atoms with Gasteiger partial charge in [0.05, 0.1) is 5.92 Å². The van der Waals surface area contributed by atoms with Crippen molar-refractivity contribution in [2.45, 2.75) is 12.6 Å². The van der Waals surface area contributed by atoms with Crippen molar-refractivity contribution >= 4 is 17.3 Å². The van der Waals surface area contributed by atoms with Gasteiger partial charge in [-0.2, -0.15) is 13.2 Å². The van der Waals surface area contributed by atoms with Crippen molar-refractivity contribution in [1.29, 1.82) is 0 Å². The second kappa shape index (κ2) is 6.34. The fourth-order valence-electron chi connectivity index (χ4n) is 1.61. The highest BCUT2D eigenvalue weighted by atomic mass is 19.4. The number of aromatic hydroxyl groups is 1. The zero-order chi connectivity index (χ0) is 16.2. The minimum Gasteiger partial charge on any atom is -0.508 e. The molecule has 0 saturated carbocycles. The van der Waals surface area contributed by atoms with Crippen molar-refractivity contribution in [1.82, 2.24) is 0 Å². The molecule has 0 aliphatic rings. The zero-order valence-corrected chi connectivity index (χ0v) is 10.7. The first-order chi connectivity index (χ1) is 9.66. The summed E-state index contributed by atoms with van der Waals surface area (Å²) in [4.78, 5) is 34.4. The summed E-state index contributed by atoms with van der Waals surface area (Å²) in [5.74, 6) is -6.52. The first-order valence-electron chi connectivity index (χ1n) is 5.76. The van der Waals surface area contributed by atoms with Gasteiger partial charge in [0.2, 0.25) is 5.78 Å². The molecule has 0 aromatic heterocycles. The number of carbonyl (C=O) groups excluding carboxylic acids is 3. The van der Waals surface area contributed by atoms with Crippen molar-refractivity contribution < 1.29 is 32.7 Å². The van der Waals surface area contributed by atoms with Crippen molar-refractivity contribution in [2.24, 2.45) is 5.92 Å². The van der Waals surface area contributed by atoms with Crippen LogP contribution in [0.5, 0.6) is 5.75 Å². The summed E-state index contributed by atoms with van der Waals surface area (Å²) in [6, 6.07) is 4.71. The van der Waals surface area contributed by atoms with Crippen LogP contribution < -0.4 is 0 Å². The highest BCUT2D eigenvalue weighted by molar-refractivity contribution is 6.12. The Morgan fingerprint density at radius 1 is 1.19 bits per heavy atom. The van der Waals surface area contributed by atoms with Crippen molar-refractivity contribution in [2.75, 3.05) is 0 Å². The van der Waals surface area contributed by atoms with E-state index in [9.17, 15) is 27.6 Å². The molecule has 0 saturated heterocycles. The maximum Gasteiger partial charge on any atom is 0.450 e. The van der Waals surface area contributed by atoms with E-state index < -0.39 is 35.9 Å². The molecule has 1 atom stereocenters. The Morgan fingerprint density at radius 3 is 2.14 bits per heavy atom. The lowest BCUT2D eigenvalue weighted by atomic mass is 9.90. The number of allylic oxidation sites excluding steroid dienone is 1. The molecule has 0 radical (unpaired) electrons. The monoisotopic (exact) mass is 300 g/mol. The predicted molar refractivity (Wildman–Crippen MR) is 66.8 cm³/mol. The smallest absolute Gasteiger partial charge is 0.450 e. The molecule has 0 spiro atoms. The highest BCUT2D eigenvalue weighted by Gasteiger charge is 2.46. The van der Waals surface area contributed by atoms with Crippen LogP contribution in [-0.4, -0.2) is 28.6 Å². The maximum atomic E-state index is 12.4. The lowest BCUT2D eigenvalue weighted by Crippen LogP contribution is -2.36. The summed E-state index contributed by atoms with van der Waals surface area (Å²) in [7, 11) is 0. The Hall–Kier alpha value is -2.44. The molecule has 7 heteroatoms. The second-order valence-electron chi connectivity index (χ2n) is 4.20. The molecule has 0 fully saturated rings. The van der Waals surface area contributed by atoms with Gasteiger partial charge in [-0.25, -0.2) is 0 Å². The molecule has 1 unspecified atom stereocenters. The fraction of sp³-hybridized carbons (Fsp3) is 0.214. The highest BCUT2D eigenvalue weighted by Crippen LogP contribution is 2.25. The predicted octanol–water partition coefficient (Wildman–Crippen LogP) is 2.47. The Balaban J connectivity index is 2.99. The standard InChI is InChI=1S/C14H11F3O4/c1-2-11(19)10(13(21)14(15,16)17)7-12(20)8-3-5-9(18)6-4-8/h2-6,10,18H,1,7H2. The number of benzene rings is 1. The molecule has 1 aromatic rings. The van der Waals surface area contributed by atoms with Crippen LogP contribution in [0.25, 0.3) is 0 Å². The lowest BCUT2D eigenvalue weighted by Gasteiger charge is -2.14. The number of hydrogen-bond acceptors (Lipinski definition) is 4. The van der Waals surface area contributed by atoms with E-state index in [2.05, 4.69) is 6.58 Å². The van der Waals surface area contributed by atoms with Crippen LogP contribution in [0, 0.1) is 5.92 Å². The van der Waals surface area contributed by atoms with Gasteiger partial charge < -0.3 is 5.11 Å². The van der Waals surface area contributed by atoms with Gasteiger partial charge >= 0.3 is 6.18 Å². The Bertz CT molecular complexity index is 573. The van der Waals surface area contributed by atoms with Gasteiger partial charge in [-0.3, -0.25) is 14.4 Å². The second-order valence-corrected chi connectivity index (χ2v) is 4.20. The van der Waals surface area contributed by atoms with Crippen molar-refractivity contribution in [3.63, 3.8) is 0 Å². The van der Waals surface area contributed by atoms with Crippen LogP contribution in [0.3, 0.4) is 0 Å². The van der Waals surface area contributed by atoms with E-state index in [-0.39, 0.29) is 11.3 Å². The van der Waals surface area contributed by atoms with Crippen molar-refractivity contribution in [3.8, 4) is 5.75 Å². The van der Waals surface area contributed by atoms with Crippen LogP contribution >= 0.6 is 0 Å². The number of alkyl halides is 3. The molecule has 1 aromatic carbocycles. The largest absolute Gasteiger partial charge is 0.508 e. The average Bonchev–Trinajstić information content (AvgIpc) is 2.42. The van der Waals surface area contributed by atoms with Gasteiger partial charge in [0, 0.05) is 12.0 Å². The van der Waals surface area contributed by atoms with E-state index >= 15 is 0 Å². The number of phenolic OH excluding ortho intramolecular Hbond substituents is 1. The third-order valence-electron chi connectivity index (χ3n) is 2.72. The molecule has 0 heterocycles. The van der Waals surface area contributed by atoms with E-state index in [1.54, 1.807) is 0 Å². The number of carbonyl (C=O) groups is 3.